The van der Waals surface area contributed by atoms with Crippen molar-refractivity contribution in [1.29, 1.82) is 0 Å². The summed E-state index contributed by atoms with van der Waals surface area (Å²) >= 11 is 0. The molecule has 0 unspecified atom stereocenters. The van der Waals surface area contributed by atoms with E-state index in [1.54, 1.807) is 19.1 Å². The van der Waals surface area contributed by atoms with Crippen LogP contribution in [0.25, 0.3) is 0 Å². The zero-order chi connectivity index (χ0) is 10.8. The minimum absolute atomic E-state index is 0.144. The molecule has 0 aromatic heterocycles. The summed E-state index contributed by atoms with van der Waals surface area (Å²) < 4.78 is 35.4. The Balaban J connectivity index is 3.05. The maximum Gasteiger partial charge on any atom is 0.411 e. The highest BCUT2D eigenvalue weighted by Crippen LogP contribution is 2.09. The van der Waals surface area contributed by atoms with Gasteiger partial charge in [0.05, 0.1) is 4.90 Å². The number of carbonyl (C=O) groups excluding carboxylic acids is 1. The van der Waals surface area contributed by atoms with E-state index in [1.165, 1.54) is 16.9 Å². The fraction of sp³-hybridized carbons (Fsp3) is 0.125. The molecule has 1 aromatic carbocycles. The van der Waals surface area contributed by atoms with Gasteiger partial charge in [-0.25, -0.2) is 17.9 Å². The van der Waals surface area contributed by atoms with Crippen LogP contribution in [0.5, 0.6) is 0 Å². The van der Waals surface area contributed by atoms with Gasteiger partial charge in [0.25, 0.3) is 10.0 Å². The Bertz CT molecular complexity index is 438. The first-order valence-corrected chi connectivity index (χ1v) is 5.19. The third-order valence-electron chi connectivity index (χ3n) is 1.55. The number of halogens is 1. The zero-order valence-corrected chi connectivity index (χ0v) is 8.14. The van der Waals surface area contributed by atoms with Crippen LogP contribution in [0.3, 0.4) is 0 Å². The van der Waals surface area contributed by atoms with Crippen molar-refractivity contribution in [2.45, 2.75) is 11.8 Å². The van der Waals surface area contributed by atoms with Crippen LogP contribution >= 0.6 is 0 Å². The monoisotopic (exact) mass is 217 g/mol. The number of hydrogen-bond donors (Lipinski definition) is 1. The molecule has 0 spiro atoms. The van der Waals surface area contributed by atoms with Crippen molar-refractivity contribution in [2.24, 2.45) is 0 Å². The molecule has 0 aliphatic rings. The van der Waals surface area contributed by atoms with E-state index in [0.717, 1.165) is 5.56 Å². The molecule has 1 amide bonds. The van der Waals surface area contributed by atoms with Crippen LogP contribution in [-0.2, 0) is 10.0 Å². The fourth-order valence-electron chi connectivity index (χ4n) is 0.882. The van der Waals surface area contributed by atoms with Crippen molar-refractivity contribution in [2.75, 3.05) is 0 Å². The Labute approximate surface area is 80.8 Å². The lowest BCUT2D eigenvalue weighted by atomic mass is 10.2. The second kappa shape index (κ2) is 3.75. The van der Waals surface area contributed by atoms with Crippen LogP contribution in [0.1, 0.15) is 5.56 Å². The summed E-state index contributed by atoms with van der Waals surface area (Å²) in [6.45, 7) is 1.78. The van der Waals surface area contributed by atoms with Gasteiger partial charge < -0.3 is 0 Å². The van der Waals surface area contributed by atoms with Gasteiger partial charge in [-0.1, -0.05) is 17.7 Å². The van der Waals surface area contributed by atoms with Crippen LogP contribution in [0.4, 0.5) is 9.18 Å². The summed E-state index contributed by atoms with van der Waals surface area (Å²) in [7, 11) is -4.05. The number of hydrogen-bond acceptors (Lipinski definition) is 3. The molecule has 76 valence electrons. The molecule has 6 heteroatoms. The molecule has 0 heterocycles. The number of amides is 1. The van der Waals surface area contributed by atoms with E-state index >= 15 is 0 Å². The summed E-state index contributed by atoms with van der Waals surface area (Å²) in [6, 6.07) is 5.69. The molecule has 0 aliphatic heterocycles. The lowest BCUT2D eigenvalue weighted by Crippen LogP contribution is -2.26. The summed E-state index contributed by atoms with van der Waals surface area (Å²) in [5, 5.41) is 0. The van der Waals surface area contributed by atoms with Gasteiger partial charge in [0.2, 0.25) is 0 Å². The summed E-state index contributed by atoms with van der Waals surface area (Å²) in [6.07, 6.45) is -2.09. The van der Waals surface area contributed by atoms with Crippen LogP contribution in [0, 0.1) is 6.92 Å². The Morgan fingerprint density at radius 3 is 2.21 bits per heavy atom. The van der Waals surface area contributed by atoms with Gasteiger partial charge in [0, 0.05) is 0 Å². The maximum absolute atomic E-state index is 11.8. The van der Waals surface area contributed by atoms with Crippen molar-refractivity contribution >= 4 is 16.2 Å². The molecule has 0 radical (unpaired) electrons. The number of rotatable bonds is 2. The summed E-state index contributed by atoms with van der Waals surface area (Å²) in [5.74, 6) is 0. The smallest absolute Gasteiger partial charge is 0.233 e. The molecule has 0 atom stereocenters. The van der Waals surface area contributed by atoms with E-state index in [4.69, 9.17) is 0 Å². The molecule has 1 aromatic rings. The second-order valence-corrected chi connectivity index (χ2v) is 4.37. The normalized spacial score (nSPS) is 11.0. The van der Waals surface area contributed by atoms with Gasteiger partial charge in [-0.05, 0) is 19.1 Å². The van der Waals surface area contributed by atoms with Gasteiger partial charge in [0.15, 0.2) is 0 Å². The second-order valence-electron chi connectivity index (χ2n) is 2.69. The molecule has 0 saturated heterocycles. The number of carbonyl (C=O) groups is 1. The van der Waals surface area contributed by atoms with Gasteiger partial charge in [0.1, 0.15) is 0 Å². The Kier molecular flexibility index (Phi) is 2.85. The van der Waals surface area contributed by atoms with Crippen molar-refractivity contribution in [1.82, 2.24) is 4.72 Å². The molecule has 4 nitrogen and oxygen atoms in total. The van der Waals surface area contributed by atoms with Gasteiger partial charge >= 0.3 is 6.16 Å². The molecule has 0 saturated carbocycles. The summed E-state index contributed by atoms with van der Waals surface area (Å²) in [4.78, 5) is 9.80. The predicted octanol–water partition coefficient (Wildman–Crippen LogP) is 1.36. The standard InChI is InChI=1S/C8H8FNO3S/c1-6-2-4-7(5-3-6)14(12,13)10-8(9)11/h2-5H,1H3,(H,10,11). The molecular weight excluding hydrogens is 209 g/mol. The Hall–Kier alpha value is -1.43. The maximum atomic E-state index is 11.8. The van der Waals surface area contributed by atoms with E-state index < -0.39 is 16.2 Å². The Morgan fingerprint density at radius 2 is 1.79 bits per heavy atom. The molecule has 0 fully saturated rings. The molecule has 0 bridgehead atoms. The molecule has 1 N–H and O–H groups in total. The lowest BCUT2D eigenvalue weighted by molar-refractivity contribution is 0.227. The van der Waals surface area contributed by atoms with Crippen LogP contribution in [0.2, 0.25) is 0 Å². The first kappa shape index (κ1) is 10.6. The highest BCUT2D eigenvalue weighted by Gasteiger charge is 2.16. The first-order valence-electron chi connectivity index (χ1n) is 3.71. The van der Waals surface area contributed by atoms with Crippen molar-refractivity contribution in [3.05, 3.63) is 29.8 Å². The minimum atomic E-state index is -4.05. The third-order valence-corrected chi connectivity index (χ3v) is 2.87. The molecule has 14 heavy (non-hydrogen) atoms. The zero-order valence-electron chi connectivity index (χ0n) is 7.32. The third kappa shape index (κ3) is 2.53. The Morgan fingerprint density at radius 1 is 1.29 bits per heavy atom. The molecule has 0 aliphatic carbocycles. The van der Waals surface area contributed by atoms with E-state index in [9.17, 15) is 17.6 Å². The average molecular weight is 217 g/mol. The quantitative estimate of drug-likeness (QED) is 0.601. The lowest BCUT2D eigenvalue weighted by Gasteiger charge is -2.02. The number of nitrogens with one attached hydrogen (secondary N) is 1. The van der Waals surface area contributed by atoms with Crippen molar-refractivity contribution in [3.8, 4) is 0 Å². The van der Waals surface area contributed by atoms with E-state index in [1.807, 2.05) is 0 Å². The average Bonchev–Trinajstić information content (AvgIpc) is 2.02. The molecular formula is C8H8FNO3S. The van der Waals surface area contributed by atoms with E-state index in [0.29, 0.717) is 0 Å². The van der Waals surface area contributed by atoms with Crippen LogP contribution < -0.4 is 4.72 Å². The van der Waals surface area contributed by atoms with E-state index in [-0.39, 0.29) is 4.90 Å². The predicted molar refractivity (Wildman–Crippen MR) is 48.0 cm³/mol. The fourth-order valence-corrected chi connectivity index (χ4v) is 1.71. The highest BCUT2D eigenvalue weighted by molar-refractivity contribution is 7.90. The highest BCUT2D eigenvalue weighted by atomic mass is 32.2. The van der Waals surface area contributed by atoms with Gasteiger partial charge in [-0.2, -0.15) is 0 Å². The number of sulfonamides is 1. The number of benzene rings is 1. The van der Waals surface area contributed by atoms with Crippen molar-refractivity contribution < 1.29 is 17.6 Å². The van der Waals surface area contributed by atoms with Crippen molar-refractivity contribution in [3.63, 3.8) is 0 Å². The molecule has 1 rings (SSSR count). The minimum Gasteiger partial charge on any atom is -0.233 e. The largest absolute Gasteiger partial charge is 0.411 e. The number of aryl methyl sites for hydroxylation is 1. The first-order chi connectivity index (χ1) is 6.42. The van der Waals surface area contributed by atoms with Crippen LogP contribution in [0.15, 0.2) is 29.2 Å². The van der Waals surface area contributed by atoms with Gasteiger partial charge in [-0.15, -0.1) is 4.39 Å². The topological polar surface area (TPSA) is 63.2 Å². The SMILES string of the molecule is Cc1ccc(S(=O)(=O)NC(=O)F)cc1. The van der Waals surface area contributed by atoms with Gasteiger partial charge in [-0.3, -0.25) is 0 Å². The van der Waals surface area contributed by atoms with Crippen LogP contribution in [-0.4, -0.2) is 14.6 Å². The summed E-state index contributed by atoms with van der Waals surface area (Å²) in [5.41, 5.74) is 0.871. The van der Waals surface area contributed by atoms with E-state index in [2.05, 4.69) is 0 Å².